The summed E-state index contributed by atoms with van der Waals surface area (Å²) in [6, 6.07) is 2.62. The first-order valence-corrected chi connectivity index (χ1v) is 11.5. The number of hydrogen-bond acceptors (Lipinski definition) is 5. The van der Waals surface area contributed by atoms with Gasteiger partial charge in [-0.15, -0.1) is 0 Å². The Morgan fingerprint density at radius 2 is 1.70 bits per heavy atom. The summed E-state index contributed by atoms with van der Waals surface area (Å²) in [7, 11) is -0.704. The summed E-state index contributed by atoms with van der Waals surface area (Å²) >= 11 is 0. The zero-order valence-corrected chi connectivity index (χ0v) is 21.2. The second-order valence-corrected chi connectivity index (χ2v) is 11.1. The molecular formula is C24H36BFN2O5. The smallest absolute Gasteiger partial charge is 0.444 e. The molecule has 3 rings (SSSR count). The Hall–Kier alpha value is -2.13. The second kappa shape index (κ2) is 8.58. The predicted octanol–water partition coefficient (Wildman–Crippen LogP) is 3.51. The van der Waals surface area contributed by atoms with Gasteiger partial charge in [-0.2, -0.15) is 0 Å². The van der Waals surface area contributed by atoms with Gasteiger partial charge in [0.2, 0.25) is 0 Å². The molecule has 33 heavy (non-hydrogen) atoms. The number of piperazine rings is 1. The van der Waals surface area contributed by atoms with Crippen LogP contribution in [0.2, 0.25) is 0 Å². The van der Waals surface area contributed by atoms with Gasteiger partial charge in [0.05, 0.1) is 16.8 Å². The fourth-order valence-corrected chi connectivity index (χ4v) is 3.99. The Kier molecular flexibility index (Phi) is 6.63. The number of carbonyl (C=O) groups excluding carboxylic acids is 2. The standard InChI is InChI=1S/C24H36BFN2O5/c1-15-12-17(19(26)13-18(15)25-32-23(6,7)24(8,9)33-25)20(29)28-11-10-27(14-16(28)2)21(30)31-22(3,4)5/h12-13,16H,10-11,14H2,1-9H3/t16-/m0/s1. The lowest BCUT2D eigenvalue weighted by Gasteiger charge is -2.40. The number of hydrogen-bond donors (Lipinski definition) is 0. The molecule has 0 radical (unpaired) electrons. The topological polar surface area (TPSA) is 68.3 Å². The third-order valence-electron chi connectivity index (χ3n) is 6.63. The first kappa shape index (κ1) is 25.5. The quantitative estimate of drug-likeness (QED) is 0.630. The highest BCUT2D eigenvalue weighted by Gasteiger charge is 2.52. The van der Waals surface area contributed by atoms with E-state index in [0.29, 0.717) is 25.1 Å². The van der Waals surface area contributed by atoms with Crippen LogP contribution in [0.25, 0.3) is 0 Å². The molecule has 1 aromatic carbocycles. The van der Waals surface area contributed by atoms with Crippen LogP contribution >= 0.6 is 0 Å². The molecule has 2 fully saturated rings. The van der Waals surface area contributed by atoms with Crippen LogP contribution in [-0.4, -0.2) is 71.4 Å². The molecule has 7 nitrogen and oxygen atoms in total. The molecule has 2 aliphatic heterocycles. The maximum absolute atomic E-state index is 15.1. The van der Waals surface area contributed by atoms with Crippen molar-refractivity contribution >= 4 is 24.6 Å². The lowest BCUT2D eigenvalue weighted by atomic mass is 9.75. The van der Waals surface area contributed by atoms with Crippen molar-refractivity contribution in [2.75, 3.05) is 19.6 Å². The van der Waals surface area contributed by atoms with E-state index in [9.17, 15) is 9.59 Å². The minimum absolute atomic E-state index is 0.00494. The SMILES string of the molecule is Cc1cc(C(=O)N2CCN(C(=O)OC(C)(C)C)C[C@@H]2C)c(F)cc1B1OC(C)(C)C(C)(C)O1. The first-order valence-electron chi connectivity index (χ1n) is 11.5. The molecule has 2 saturated heterocycles. The van der Waals surface area contributed by atoms with E-state index in [1.807, 2.05) is 62.3 Å². The molecule has 2 aliphatic rings. The van der Waals surface area contributed by atoms with Gasteiger partial charge in [0.15, 0.2) is 0 Å². The van der Waals surface area contributed by atoms with E-state index in [1.165, 1.54) is 6.07 Å². The highest BCUT2D eigenvalue weighted by atomic mass is 19.1. The lowest BCUT2D eigenvalue weighted by molar-refractivity contribution is 0.00578. The number of carbonyl (C=O) groups is 2. The summed E-state index contributed by atoms with van der Waals surface area (Å²) in [5.41, 5.74) is -0.377. The van der Waals surface area contributed by atoms with Crippen LogP contribution in [-0.2, 0) is 14.0 Å². The average Bonchev–Trinajstić information content (AvgIpc) is 2.88. The molecule has 0 spiro atoms. The largest absolute Gasteiger partial charge is 0.495 e. The van der Waals surface area contributed by atoms with Crippen LogP contribution in [0.15, 0.2) is 12.1 Å². The molecule has 1 aromatic rings. The van der Waals surface area contributed by atoms with E-state index >= 15 is 4.39 Å². The molecule has 1 atom stereocenters. The molecular weight excluding hydrogens is 426 g/mol. The predicted molar refractivity (Wildman–Crippen MR) is 125 cm³/mol. The Bertz CT molecular complexity index is 928. The van der Waals surface area contributed by atoms with Crippen LogP contribution in [0.3, 0.4) is 0 Å². The average molecular weight is 462 g/mol. The van der Waals surface area contributed by atoms with Crippen molar-refractivity contribution < 1.29 is 28.0 Å². The molecule has 0 aliphatic carbocycles. The van der Waals surface area contributed by atoms with Crippen molar-refractivity contribution in [2.24, 2.45) is 0 Å². The van der Waals surface area contributed by atoms with E-state index in [4.69, 9.17) is 14.0 Å². The Morgan fingerprint density at radius 1 is 1.12 bits per heavy atom. The molecule has 2 heterocycles. The van der Waals surface area contributed by atoms with E-state index in [2.05, 4.69) is 0 Å². The number of amides is 2. The fourth-order valence-electron chi connectivity index (χ4n) is 3.99. The zero-order valence-electron chi connectivity index (χ0n) is 21.2. The number of nitrogens with zero attached hydrogens (tertiary/aromatic N) is 2. The van der Waals surface area contributed by atoms with Crippen LogP contribution in [0.4, 0.5) is 9.18 Å². The number of halogens is 1. The molecule has 0 N–H and O–H groups in total. The first-order chi connectivity index (χ1) is 15.0. The van der Waals surface area contributed by atoms with Crippen molar-refractivity contribution in [1.82, 2.24) is 9.80 Å². The third kappa shape index (κ3) is 5.19. The summed E-state index contributed by atoms with van der Waals surface area (Å²) in [6.07, 6.45) is -0.407. The molecule has 0 saturated carbocycles. The van der Waals surface area contributed by atoms with Gasteiger partial charge >= 0.3 is 13.2 Å². The number of benzene rings is 1. The van der Waals surface area contributed by atoms with Crippen molar-refractivity contribution in [3.05, 3.63) is 29.1 Å². The monoisotopic (exact) mass is 462 g/mol. The summed E-state index contributed by atoms with van der Waals surface area (Å²) in [6.45, 7) is 17.8. The normalized spacial score (nSPS) is 22.5. The van der Waals surface area contributed by atoms with Crippen molar-refractivity contribution in [3.63, 3.8) is 0 Å². The number of aryl methyl sites for hydroxylation is 1. The van der Waals surface area contributed by atoms with Gasteiger partial charge in [0.1, 0.15) is 11.4 Å². The van der Waals surface area contributed by atoms with Crippen molar-refractivity contribution in [3.8, 4) is 0 Å². The summed E-state index contributed by atoms with van der Waals surface area (Å²) in [5, 5.41) is 0. The van der Waals surface area contributed by atoms with E-state index in [1.54, 1.807) is 15.9 Å². The lowest BCUT2D eigenvalue weighted by Crippen LogP contribution is -2.56. The van der Waals surface area contributed by atoms with Gasteiger partial charge in [-0.05, 0) is 79.9 Å². The highest BCUT2D eigenvalue weighted by molar-refractivity contribution is 6.62. The van der Waals surface area contributed by atoms with Crippen molar-refractivity contribution in [1.29, 1.82) is 0 Å². The number of rotatable bonds is 2. The van der Waals surface area contributed by atoms with Gasteiger partial charge in [-0.25, -0.2) is 9.18 Å². The van der Waals surface area contributed by atoms with Crippen LogP contribution in [0.1, 0.15) is 71.3 Å². The van der Waals surface area contributed by atoms with E-state index < -0.39 is 41.7 Å². The van der Waals surface area contributed by atoms with Crippen LogP contribution in [0, 0.1) is 12.7 Å². The minimum atomic E-state index is -0.704. The maximum atomic E-state index is 15.1. The number of ether oxygens (including phenoxy) is 1. The maximum Gasteiger partial charge on any atom is 0.495 e. The molecule has 9 heteroatoms. The second-order valence-electron chi connectivity index (χ2n) is 11.1. The Balaban J connectivity index is 1.75. The van der Waals surface area contributed by atoms with E-state index in [-0.39, 0.29) is 11.6 Å². The van der Waals surface area contributed by atoms with Crippen LogP contribution in [0.5, 0.6) is 0 Å². The van der Waals surface area contributed by atoms with Gasteiger partial charge in [-0.3, -0.25) is 4.79 Å². The zero-order chi connectivity index (χ0) is 24.9. The Labute approximate surface area is 196 Å². The van der Waals surface area contributed by atoms with E-state index in [0.717, 1.165) is 5.56 Å². The molecule has 0 aromatic heterocycles. The summed E-state index contributed by atoms with van der Waals surface area (Å²) < 4.78 is 32.7. The fraction of sp³-hybridized carbons (Fsp3) is 0.667. The van der Waals surface area contributed by atoms with Crippen LogP contribution < -0.4 is 5.46 Å². The summed E-state index contributed by atoms with van der Waals surface area (Å²) in [5.74, 6) is -1.01. The molecule has 182 valence electrons. The molecule has 0 unspecified atom stereocenters. The third-order valence-corrected chi connectivity index (χ3v) is 6.63. The van der Waals surface area contributed by atoms with Gasteiger partial charge in [-0.1, -0.05) is 5.56 Å². The minimum Gasteiger partial charge on any atom is -0.444 e. The van der Waals surface area contributed by atoms with Crippen molar-refractivity contribution in [2.45, 2.75) is 85.2 Å². The van der Waals surface area contributed by atoms with Gasteiger partial charge in [0, 0.05) is 25.7 Å². The molecule has 0 bridgehead atoms. The van der Waals surface area contributed by atoms with Gasteiger partial charge < -0.3 is 23.8 Å². The summed E-state index contributed by atoms with van der Waals surface area (Å²) in [4.78, 5) is 28.8. The Morgan fingerprint density at radius 3 is 2.21 bits per heavy atom. The highest BCUT2D eigenvalue weighted by Crippen LogP contribution is 2.36. The molecule has 2 amide bonds. The van der Waals surface area contributed by atoms with Gasteiger partial charge in [0.25, 0.3) is 5.91 Å².